The number of aryl methyl sites for hydroxylation is 1. The minimum Gasteiger partial charge on any atom is -0.310 e. The Morgan fingerprint density at radius 2 is 1.88 bits per heavy atom. The topological polar surface area (TPSA) is 12.0 Å². The Morgan fingerprint density at radius 3 is 2.44 bits per heavy atom. The van der Waals surface area contributed by atoms with Gasteiger partial charge in [0.2, 0.25) is 0 Å². The molecule has 0 spiro atoms. The molecule has 1 rings (SSSR count). The van der Waals surface area contributed by atoms with E-state index >= 15 is 0 Å². The standard InChI is InChI=1S/C15H25N/c1-5-14(6-2)11-16-13(4)15-9-7-8-12(3)10-15/h7-10,13-14,16H,5-6,11H2,1-4H3. The highest BCUT2D eigenvalue weighted by molar-refractivity contribution is 5.24. The van der Waals surface area contributed by atoms with Gasteiger partial charge in [-0.15, -0.1) is 0 Å². The molecule has 0 aliphatic carbocycles. The largest absolute Gasteiger partial charge is 0.310 e. The second-order valence-electron chi connectivity index (χ2n) is 4.73. The molecule has 0 amide bonds. The summed E-state index contributed by atoms with van der Waals surface area (Å²) in [5.74, 6) is 0.812. The molecule has 1 nitrogen and oxygen atoms in total. The van der Waals surface area contributed by atoms with Gasteiger partial charge >= 0.3 is 0 Å². The van der Waals surface area contributed by atoms with Crippen LogP contribution < -0.4 is 5.32 Å². The Balaban J connectivity index is 2.49. The molecule has 0 heterocycles. The SMILES string of the molecule is CCC(CC)CNC(C)c1cccc(C)c1. The molecule has 0 aliphatic rings. The molecule has 0 saturated heterocycles. The molecular formula is C15H25N. The van der Waals surface area contributed by atoms with Gasteiger partial charge in [-0.2, -0.15) is 0 Å². The van der Waals surface area contributed by atoms with Crippen LogP contribution in [-0.4, -0.2) is 6.54 Å². The van der Waals surface area contributed by atoms with Crippen LogP contribution in [0.3, 0.4) is 0 Å². The van der Waals surface area contributed by atoms with E-state index in [4.69, 9.17) is 0 Å². The molecule has 0 bridgehead atoms. The molecule has 1 heteroatoms. The summed E-state index contributed by atoms with van der Waals surface area (Å²) < 4.78 is 0. The molecule has 90 valence electrons. The van der Waals surface area contributed by atoms with E-state index in [0.717, 1.165) is 12.5 Å². The zero-order chi connectivity index (χ0) is 12.0. The molecule has 0 saturated carbocycles. The van der Waals surface area contributed by atoms with Crippen LogP contribution in [0.1, 0.15) is 50.8 Å². The van der Waals surface area contributed by atoms with Crippen molar-refractivity contribution in [1.29, 1.82) is 0 Å². The summed E-state index contributed by atoms with van der Waals surface area (Å²) in [5.41, 5.74) is 2.74. The van der Waals surface area contributed by atoms with Gasteiger partial charge in [0, 0.05) is 6.04 Å². The van der Waals surface area contributed by atoms with Crippen LogP contribution in [0, 0.1) is 12.8 Å². The van der Waals surface area contributed by atoms with Crippen LogP contribution in [0.4, 0.5) is 0 Å². The Morgan fingerprint density at radius 1 is 1.19 bits per heavy atom. The van der Waals surface area contributed by atoms with Gasteiger partial charge in [0.1, 0.15) is 0 Å². The maximum absolute atomic E-state index is 3.63. The van der Waals surface area contributed by atoms with Gasteiger partial charge in [0.25, 0.3) is 0 Å². The van der Waals surface area contributed by atoms with Gasteiger partial charge in [-0.3, -0.25) is 0 Å². The normalized spacial score (nSPS) is 13.1. The summed E-state index contributed by atoms with van der Waals surface area (Å²) >= 11 is 0. The first-order valence-corrected chi connectivity index (χ1v) is 6.47. The van der Waals surface area contributed by atoms with Crippen molar-refractivity contribution in [3.05, 3.63) is 35.4 Å². The van der Waals surface area contributed by atoms with Crippen LogP contribution in [0.25, 0.3) is 0 Å². The maximum Gasteiger partial charge on any atom is 0.0292 e. The average Bonchev–Trinajstić information content (AvgIpc) is 2.30. The minimum absolute atomic E-state index is 0.459. The van der Waals surface area contributed by atoms with Gasteiger partial charge < -0.3 is 5.32 Å². The van der Waals surface area contributed by atoms with Crippen LogP contribution >= 0.6 is 0 Å². The highest BCUT2D eigenvalue weighted by atomic mass is 14.9. The zero-order valence-electron chi connectivity index (χ0n) is 11.1. The highest BCUT2D eigenvalue weighted by Gasteiger charge is 2.08. The lowest BCUT2D eigenvalue weighted by Crippen LogP contribution is -2.25. The highest BCUT2D eigenvalue weighted by Crippen LogP contribution is 2.15. The predicted octanol–water partition coefficient (Wildman–Crippen LogP) is 4.08. The number of hydrogen-bond acceptors (Lipinski definition) is 1. The fraction of sp³-hybridized carbons (Fsp3) is 0.600. The van der Waals surface area contributed by atoms with E-state index < -0.39 is 0 Å². The Labute approximate surface area is 100 Å². The summed E-state index contributed by atoms with van der Waals surface area (Å²) in [6, 6.07) is 9.22. The van der Waals surface area contributed by atoms with Crippen molar-refractivity contribution in [1.82, 2.24) is 5.32 Å². The first-order valence-electron chi connectivity index (χ1n) is 6.47. The number of hydrogen-bond donors (Lipinski definition) is 1. The number of rotatable bonds is 6. The van der Waals surface area contributed by atoms with Gasteiger partial charge in [-0.1, -0.05) is 56.5 Å². The van der Waals surface area contributed by atoms with Crippen molar-refractivity contribution in [2.45, 2.75) is 46.6 Å². The molecule has 1 unspecified atom stereocenters. The Hall–Kier alpha value is -0.820. The first-order chi connectivity index (χ1) is 7.67. The van der Waals surface area contributed by atoms with E-state index in [9.17, 15) is 0 Å². The first kappa shape index (κ1) is 13.2. The maximum atomic E-state index is 3.63. The van der Waals surface area contributed by atoms with Crippen LogP contribution in [0.2, 0.25) is 0 Å². The monoisotopic (exact) mass is 219 g/mol. The van der Waals surface area contributed by atoms with Crippen LogP contribution in [-0.2, 0) is 0 Å². The summed E-state index contributed by atoms with van der Waals surface area (Å²) in [6.07, 6.45) is 2.54. The van der Waals surface area contributed by atoms with Crippen molar-refractivity contribution in [2.75, 3.05) is 6.54 Å². The van der Waals surface area contributed by atoms with E-state index in [2.05, 4.69) is 57.3 Å². The quantitative estimate of drug-likeness (QED) is 0.760. The molecule has 0 aromatic heterocycles. The fourth-order valence-electron chi connectivity index (χ4n) is 1.98. The van der Waals surface area contributed by atoms with Crippen molar-refractivity contribution in [3.63, 3.8) is 0 Å². The van der Waals surface area contributed by atoms with Gasteiger partial charge in [-0.05, 0) is 31.9 Å². The van der Waals surface area contributed by atoms with E-state index in [1.54, 1.807) is 0 Å². The Bertz CT molecular complexity index is 302. The number of nitrogens with one attached hydrogen (secondary N) is 1. The van der Waals surface area contributed by atoms with Crippen molar-refractivity contribution in [2.24, 2.45) is 5.92 Å². The molecule has 0 aliphatic heterocycles. The zero-order valence-corrected chi connectivity index (χ0v) is 11.1. The van der Waals surface area contributed by atoms with Crippen molar-refractivity contribution in [3.8, 4) is 0 Å². The molecule has 1 N–H and O–H groups in total. The van der Waals surface area contributed by atoms with Gasteiger partial charge in [0.15, 0.2) is 0 Å². The van der Waals surface area contributed by atoms with Gasteiger partial charge in [0.05, 0.1) is 0 Å². The lowest BCUT2D eigenvalue weighted by Gasteiger charge is -2.19. The second kappa shape index (κ2) is 6.70. The number of benzene rings is 1. The Kier molecular flexibility index (Phi) is 5.54. The smallest absolute Gasteiger partial charge is 0.0292 e. The van der Waals surface area contributed by atoms with Crippen LogP contribution in [0.5, 0.6) is 0 Å². The third-order valence-electron chi connectivity index (χ3n) is 3.41. The summed E-state index contributed by atoms with van der Waals surface area (Å²) in [7, 11) is 0. The van der Waals surface area contributed by atoms with Crippen molar-refractivity contribution < 1.29 is 0 Å². The third-order valence-corrected chi connectivity index (χ3v) is 3.41. The lowest BCUT2D eigenvalue weighted by molar-refractivity contribution is 0.422. The fourth-order valence-corrected chi connectivity index (χ4v) is 1.98. The van der Waals surface area contributed by atoms with Crippen molar-refractivity contribution >= 4 is 0 Å². The third kappa shape index (κ3) is 3.97. The molecule has 0 fully saturated rings. The summed E-state index contributed by atoms with van der Waals surface area (Å²) in [6.45, 7) is 10.1. The molecule has 16 heavy (non-hydrogen) atoms. The average molecular weight is 219 g/mol. The molecule has 0 radical (unpaired) electrons. The summed E-state index contributed by atoms with van der Waals surface area (Å²) in [4.78, 5) is 0. The van der Waals surface area contributed by atoms with Crippen LogP contribution in [0.15, 0.2) is 24.3 Å². The molecular weight excluding hydrogens is 194 g/mol. The lowest BCUT2D eigenvalue weighted by atomic mass is 10.0. The van der Waals surface area contributed by atoms with E-state index in [-0.39, 0.29) is 0 Å². The molecule has 1 atom stereocenters. The minimum atomic E-state index is 0.459. The second-order valence-corrected chi connectivity index (χ2v) is 4.73. The molecule has 1 aromatic rings. The predicted molar refractivity (Wildman–Crippen MR) is 71.7 cm³/mol. The summed E-state index contributed by atoms with van der Waals surface area (Å²) in [5, 5.41) is 3.63. The van der Waals surface area contributed by atoms with E-state index in [1.807, 2.05) is 0 Å². The van der Waals surface area contributed by atoms with Gasteiger partial charge in [-0.25, -0.2) is 0 Å². The van der Waals surface area contributed by atoms with E-state index in [1.165, 1.54) is 24.0 Å². The van der Waals surface area contributed by atoms with E-state index in [0.29, 0.717) is 6.04 Å². The molecule has 1 aromatic carbocycles.